The molecule has 78 valence electrons. The Morgan fingerprint density at radius 1 is 1.38 bits per heavy atom. The molecule has 13 heavy (non-hydrogen) atoms. The van der Waals surface area contributed by atoms with Gasteiger partial charge in [-0.25, -0.2) is 4.79 Å². The van der Waals surface area contributed by atoms with E-state index in [1.807, 2.05) is 0 Å². The third-order valence-corrected chi connectivity index (χ3v) is 1.74. The van der Waals surface area contributed by atoms with Crippen molar-refractivity contribution in [2.75, 3.05) is 0 Å². The summed E-state index contributed by atoms with van der Waals surface area (Å²) in [5.74, 6) is -3.99. The minimum absolute atomic E-state index is 0.466. The molecule has 2 nitrogen and oxygen atoms in total. The Morgan fingerprint density at radius 3 is 2.15 bits per heavy atom. The maximum Gasteiger partial charge on any atom is 0.391 e. The summed E-state index contributed by atoms with van der Waals surface area (Å²) in [6.07, 6.45) is -4.82. The van der Waals surface area contributed by atoms with Crippen LogP contribution in [0.4, 0.5) is 17.7 Å². The van der Waals surface area contributed by atoms with Gasteiger partial charge in [-0.05, 0) is 6.42 Å². The van der Waals surface area contributed by atoms with E-state index in [1.165, 1.54) is 6.92 Å². The highest BCUT2D eigenvalue weighted by Gasteiger charge is 2.37. The van der Waals surface area contributed by atoms with Crippen LogP contribution in [0.1, 0.15) is 20.3 Å². The number of alkyl halides is 3. The van der Waals surface area contributed by atoms with Gasteiger partial charge in [0, 0.05) is 4.53 Å². The van der Waals surface area contributed by atoms with Crippen LogP contribution in [-0.4, -0.2) is 12.1 Å². The van der Waals surface area contributed by atoms with Crippen LogP contribution in [0.3, 0.4) is 0 Å². The molecule has 0 aromatic rings. The smallest absolute Gasteiger partial charge is 0.255 e. The average Bonchev–Trinajstić information content (AvgIpc) is 2.01. The zero-order valence-electron chi connectivity index (χ0n) is 7.19. The molecule has 0 aliphatic heterocycles. The van der Waals surface area contributed by atoms with Crippen LogP contribution in [0.25, 0.3) is 0 Å². The molecule has 2 unspecified atom stereocenters. The third-order valence-electron chi connectivity index (χ3n) is 1.74. The SMILES string of the molecule is CC(CC(C)C(F)(F)F)C(=O)OF. The van der Waals surface area contributed by atoms with E-state index in [-0.39, 0.29) is 0 Å². The first-order chi connectivity index (χ1) is 5.79. The van der Waals surface area contributed by atoms with Gasteiger partial charge in [-0.15, -0.1) is 0 Å². The van der Waals surface area contributed by atoms with E-state index in [4.69, 9.17) is 0 Å². The van der Waals surface area contributed by atoms with Crippen LogP contribution in [0.2, 0.25) is 0 Å². The van der Waals surface area contributed by atoms with Crippen LogP contribution >= 0.6 is 0 Å². The molecule has 0 fully saturated rings. The lowest BCUT2D eigenvalue weighted by molar-refractivity contribution is -0.195. The van der Waals surface area contributed by atoms with Crippen molar-refractivity contribution in [2.24, 2.45) is 11.8 Å². The zero-order chi connectivity index (χ0) is 10.6. The minimum atomic E-state index is -4.36. The fraction of sp³-hybridized carbons (Fsp3) is 0.857. The first kappa shape index (κ1) is 12.2. The van der Waals surface area contributed by atoms with Crippen molar-refractivity contribution < 1.29 is 27.4 Å². The van der Waals surface area contributed by atoms with Crippen molar-refractivity contribution in [3.8, 4) is 0 Å². The predicted molar refractivity (Wildman–Crippen MR) is 36.2 cm³/mol. The van der Waals surface area contributed by atoms with Crippen LogP contribution in [0, 0.1) is 11.8 Å². The summed E-state index contributed by atoms with van der Waals surface area (Å²) in [7, 11) is 0. The summed E-state index contributed by atoms with van der Waals surface area (Å²) in [6, 6.07) is 0. The molecule has 0 heterocycles. The molecular weight excluding hydrogens is 192 g/mol. The van der Waals surface area contributed by atoms with Gasteiger partial charge in [0.25, 0.3) is 0 Å². The minimum Gasteiger partial charge on any atom is -0.255 e. The van der Waals surface area contributed by atoms with Crippen LogP contribution < -0.4 is 0 Å². The van der Waals surface area contributed by atoms with Gasteiger partial charge in [0.2, 0.25) is 0 Å². The molecule has 0 saturated carbocycles. The lowest BCUT2D eigenvalue weighted by Crippen LogP contribution is -2.24. The molecule has 0 N–H and O–H groups in total. The Balaban J connectivity index is 4.06. The quantitative estimate of drug-likeness (QED) is 0.657. The van der Waals surface area contributed by atoms with E-state index in [2.05, 4.69) is 4.94 Å². The second-order valence-corrected chi connectivity index (χ2v) is 2.98. The topological polar surface area (TPSA) is 26.3 Å². The van der Waals surface area contributed by atoms with Gasteiger partial charge in [-0.1, -0.05) is 13.8 Å². The van der Waals surface area contributed by atoms with Crippen LogP contribution in [0.15, 0.2) is 0 Å². The molecule has 0 saturated heterocycles. The molecule has 0 spiro atoms. The molecule has 0 radical (unpaired) electrons. The molecular formula is C7H10F4O2. The molecule has 2 atom stereocenters. The zero-order valence-corrected chi connectivity index (χ0v) is 7.19. The first-order valence-corrected chi connectivity index (χ1v) is 3.68. The van der Waals surface area contributed by atoms with Crippen molar-refractivity contribution in [1.82, 2.24) is 0 Å². The number of hydrogen-bond acceptors (Lipinski definition) is 2. The van der Waals surface area contributed by atoms with Gasteiger partial charge in [0.1, 0.15) is 0 Å². The predicted octanol–water partition coefficient (Wildman–Crippen LogP) is 2.64. The van der Waals surface area contributed by atoms with E-state index in [1.54, 1.807) is 0 Å². The normalized spacial score (nSPS) is 16.5. The highest BCUT2D eigenvalue weighted by atomic mass is 19.4. The molecule has 0 aromatic heterocycles. The number of carbonyl (C=O) groups is 1. The fourth-order valence-corrected chi connectivity index (χ4v) is 0.836. The van der Waals surface area contributed by atoms with Gasteiger partial charge in [-0.2, -0.15) is 13.2 Å². The second-order valence-electron chi connectivity index (χ2n) is 2.98. The van der Waals surface area contributed by atoms with Gasteiger partial charge in [-0.3, -0.25) is 4.94 Å². The Kier molecular flexibility index (Phi) is 4.16. The van der Waals surface area contributed by atoms with E-state index in [0.717, 1.165) is 6.92 Å². The highest BCUT2D eigenvalue weighted by Crippen LogP contribution is 2.30. The van der Waals surface area contributed by atoms with Gasteiger partial charge in [0.05, 0.1) is 11.8 Å². The lowest BCUT2D eigenvalue weighted by Gasteiger charge is -2.17. The maximum atomic E-state index is 11.9. The Labute approximate surface area is 72.8 Å². The molecule has 0 aliphatic rings. The fourth-order valence-electron chi connectivity index (χ4n) is 0.836. The molecule has 0 bridgehead atoms. The van der Waals surface area contributed by atoms with Crippen LogP contribution in [-0.2, 0) is 9.74 Å². The Bertz CT molecular complexity index is 178. The van der Waals surface area contributed by atoms with Crippen molar-refractivity contribution >= 4 is 5.97 Å². The van der Waals surface area contributed by atoms with E-state index >= 15 is 0 Å². The summed E-state index contributed by atoms with van der Waals surface area (Å²) in [6.45, 7) is 2.12. The summed E-state index contributed by atoms with van der Waals surface area (Å²) < 4.78 is 47.0. The molecule has 0 rings (SSSR count). The Morgan fingerprint density at radius 2 is 1.85 bits per heavy atom. The van der Waals surface area contributed by atoms with E-state index in [9.17, 15) is 22.5 Å². The second kappa shape index (κ2) is 4.43. The monoisotopic (exact) mass is 202 g/mol. The largest absolute Gasteiger partial charge is 0.391 e. The van der Waals surface area contributed by atoms with Crippen molar-refractivity contribution in [2.45, 2.75) is 26.4 Å². The first-order valence-electron chi connectivity index (χ1n) is 3.68. The number of halogens is 4. The molecule has 0 amide bonds. The standard InChI is InChI=1S/C7H10F4O2/c1-4(6(12)13-11)3-5(2)7(8,9)10/h4-5H,3H2,1-2H3. The highest BCUT2D eigenvalue weighted by molar-refractivity contribution is 5.71. The van der Waals surface area contributed by atoms with Gasteiger partial charge in [0.15, 0.2) is 0 Å². The third kappa shape index (κ3) is 4.10. The summed E-state index contributed by atoms with van der Waals surface area (Å²) in [5, 5.41) is 0. The van der Waals surface area contributed by atoms with Crippen molar-refractivity contribution in [3.63, 3.8) is 0 Å². The Hall–Kier alpha value is -0.810. The summed E-state index contributed by atoms with van der Waals surface area (Å²) in [4.78, 5) is 13.2. The molecule has 0 aromatic carbocycles. The summed E-state index contributed by atoms with van der Waals surface area (Å²) in [5.41, 5.74) is 0. The summed E-state index contributed by atoms with van der Waals surface area (Å²) >= 11 is 0. The van der Waals surface area contributed by atoms with E-state index in [0.29, 0.717) is 0 Å². The number of carbonyl (C=O) groups excluding carboxylic acids is 1. The van der Waals surface area contributed by atoms with Gasteiger partial charge < -0.3 is 0 Å². The maximum absolute atomic E-state index is 11.9. The van der Waals surface area contributed by atoms with Crippen molar-refractivity contribution in [3.05, 3.63) is 0 Å². The molecule has 6 heteroatoms. The molecule has 0 aliphatic carbocycles. The van der Waals surface area contributed by atoms with Gasteiger partial charge >= 0.3 is 12.1 Å². The number of rotatable bonds is 3. The number of hydrogen-bond donors (Lipinski definition) is 0. The van der Waals surface area contributed by atoms with E-state index < -0.39 is 30.4 Å². The lowest BCUT2D eigenvalue weighted by atomic mass is 9.97. The van der Waals surface area contributed by atoms with Crippen LogP contribution in [0.5, 0.6) is 0 Å². The van der Waals surface area contributed by atoms with Crippen molar-refractivity contribution in [1.29, 1.82) is 0 Å². The average molecular weight is 202 g/mol.